The van der Waals surface area contributed by atoms with Crippen molar-refractivity contribution in [3.63, 3.8) is 0 Å². The Morgan fingerprint density at radius 1 is 1.38 bits per heavy atom. The SMILES string of the molecule is CCc1cc2c(=O)c3c(oc2cc1O)c(C(C)=O)n1c(C)csc31. The summed E-state index contributed by atoms with van der Waals surface area (Å²) in [6.45, 7) is 5.26. The molecule has 0 bridgehead atoms. The van der Waals surface area contributed by atoms with Gasteiger partial charge in [0.15, 0.2) is 11.4 Å². The van der Waals surface area contributed by atoms with Crippen LogP contribution >= 0.6 is 11.3 Å². The van der Waals surface area contributed by atoms with Crippen molar-refractivity contribution in [3.05, 3.63) is 44.7 Å². The molecule has 0 spiro atoms. The predicted octanol–water partition coefficient (Wildman–Crippen LogP) is 4.04. The molecule has 0 aliphatic heterocycles. The molecular weight excluding hydrogens is 326 g/mol. The highest BCUT2D eigenvalue weighted by atomic mass is 32.1. The summed E-state index contributed by atoms with van der Waals surface area (Å²) in [5, 5.41) is 12.8. The molecule has 0 radical (unpaired) electrons. The lowest BCUT2D eigenvalue weighted by Crippen LogP contribution is -2.03. The minimum absolute atomic E-state index is 0.0917. The molecular formula is C18H15NO4S. The molecule has 4 aromatic rings. The molecule has 1 N–H and O–H groups in total. The highest BCUT2D eigenvalue weighted by Crippen LogP contribution is 2.34. The summed E-state index contributed by atoms with van der Waals surface area (Å²) in [5.74, 6) is -0.0764. The topological polar surface area (TPSA) is 71.9 Å². The molecule has 0 saturated carbocycles. The van der Waals surface area contributed by atoms with Crippen molar-refractivity contribution in [1.82, 2.24) is 4.40 Å². The second-order valence-corrected chi connectivity index (χ2v) is 6.75. The van der Waals surface area contributed by atoms with E-state index in [1.807, 2.05) is 19.2 Å². The number of phenols is 1. The Morgan fingerprint density at radius 3 is 2.79 bits per heavy atom. The third-order valence-corrected chi connectivity index (χ3v) is 5.42. The molecule has 5 nitrogen and oxygen atoms in total. The molecule has 4 rings (SSSR count). The molecule has 3 aromatic heterocycles. The fraction of sp³-hybridized carbons (Fsp3) is 0.222. The van der Waals surface area contributed by atoms with Crippen LogP contribution in [0, 0.1) is 6.92 Å². The standard InChI is InChI=1S/C18H15NO4S/c1-4-10-5-11-13(6-12(10)21)23-17-14(16(11)22)18-19(8(2)7-24-18)15(17)9(3)20/h5-7,21H,4H2,1-3H3. The first-order valence-electron chi connectivity index (χ1n) is 7.65. The minimum Gasteiger partial charge on any atom is -0.508 e. The van der Waals surface area contributed by atoms with Crippen LogP contribution in [0.25, 0.3) is 26.8 Å². The summed E-state index contributed by atoms with van der Waals surface area (Å²) in [6, 6.07) is 3.13. The zero-order chi connectivity index (χ0) is 17.2. The molecule has 6 heteroatoms. The van der Waals surface area contributed by atoms with Crippen molar-refractivity contribution in [3.8, 4) is 5.75 Å². The third-order valence-electron chi connectivity index (χ3n) is 4.36. The van der Waals surface area contributed by atoms with Crippen LogP contribution in [0.15, 0.2) is 26.7 Å². The van der Waals surface area contributed by atoms with Gasteiger partial charge in [-0.05, 0) is 25.0 Å². The van der Waals surface area contributed by atoms with Gasteiger partial charge in [-0.25, -0.2) is 0 Å². The number of aryl methyl sites for hydroxylation is 2. The Balaban J connectivity index is 2.31. The number of aromatic hydroxyl groups is 1. The van der Waals surface area contributed by atoms with Gasteiger partial charge in [0.25, 0.3) is 0 Å². The first-order chi connectivity index (χ1) is 11.4. The van der Waals surface area contributed by atoms with Crippen LogP contribution in [0.1, 0.15) is 35.6 Å². The van der Waals surface area contributed by atoms with Crippen molar-refractivity contribution in [2.24, 2.45) is 0 Å². The summed E-state index contributed by atoms with van der Waals surface area (Å²) >= 11 is 1.42. The molecule has 3 heterocycles. The molecule has 0 amide bonds. The van der Waals surface area contributed by atoms with Crippen LogP contribution in [-0.4, -0.2) is 15.3 Å². The molecule has 0 aliphatic rings. The van der Waals surface area contributed by atoms with Gasteiger partial charge in [-0.3, -0.25) is 14.0 Å². The molecule has 122 valence electrons. The number of rotatable bonds is 2. The van der Waals surface area contributed by atoms with Crippen LogP contribution in [0.5, 0.6) is 5.75 Å². The Kier molecular flexibility index (Phi) is 3.08. The second-order valence-electron chi connectivity index (χ2n) is 5.89. The van der Waals surface area contributed by atoms with Crippen LogP contribution in [0.4, 0.5) is 0 Å². The van der Waals surface area contributed by atoms with E-state index in [9.17, 15) is 14.7 Å². The van der Waals surface area contributed by atoms with Gasteiger partial charge in [-0.1, -0.05) is 6.92 Å². The summed E-state index contributed by atoms with van der Waals surface area (Å²) in [6.07, 6.45) is 0.612. The zero-order valence-electron chi connectivity index (χ0n) is 13.5. The van der Waals surface area contributed by atoms with E-state index >= 15 is 0 Å². The normalized spacial score (nSPS) is 11.8. The predicted molar refractivity (Wildman–Crippen MR) is 94.6 cm³/mol. The van der Waals surface area contributed by atoms with E-state index in [0.717, 1.165) is 10.5 Å². The average molecular weight is 341 g/mol. The number of thiazole rings is 1. The highest BCUT2D eigenvalue weighted by Gasteiger charge is 2.24. The number of Topliss-reactive ketones (excluding diaryl/α,β-unsaturated/α-hetero) is 1. The second kappa shape index (κ2) is 4.95. The fourth-order valence-corrected chi connectivity index (χ4v) is 4.22. The summed E-state index contributed by atoms with van der Waals surface area (Å²) in [4.78, 5) is 26.0. The highest BCUT2D eigenvalue weighted by molar-refractivity contribution is 7.16. The van der Waals surface area contributed by atoms with Gasteiger partial charge in [-0.15, -0.1) is 11.3 Å². The number of fused-ring (bicyclic) bond motifs is 4. The molecule has 0 unspecified atom stereocenters. The van der Waals surface area contributed by atoms with Crippen LogP contribution in [-0.2, 0) is 6.42 Å². The number of carbonyl (C=O) groups excluding carboxylic acids is 1. The Morgan fingerprint density at radius 2 is 2.12 bits per heavy atom. The van der Waals surface area contributed by atoms with Gasteiger partial charge in [0.05, 0.1) is 5.39 Å². The van der Waals surface area contributed by atoms with E-state index in [2.05, 4.69) is 0 Å². The molecule has 0 fully saturated rings. The van der Waals surface area contributed by atoms with Crippen LogP contribution in [0.2, 0.25) is 0 Å². The van der Waals surface area contributed by atoms with Crippen molar-refractivity contribution in [1.29, 1.82) is 0 Å². The number of hydrogen-bond acceptors (Lipinski definition) is 5. The maximum atomic E-state index is 13.1. The van der Waals surface area contributed by atoms with E-state index in [-0.39, 0.29) is 17.0 Å². The number of ketones is 1. The van der Waals surface area contributed by atoms with Crippen LogP contribution in [0.3, 0.4) is 0 Å². The first kappa shape index (κ1) is 15.0. The Labute approximate surface area is 140 Å². The summed E-state index contributed by atoms with van der Waals surface area (Å²) < 4.78 is 7.68. The van der Waals surface area contributed by atoms with E-state index in [0.29, 0.717) is 39.6 Å². The summed E-state index contributed by atoms with van der Waals surface area (Å²) in [7, 11) is 0. The maximum Gasteiger partial charge on any atom is 0.203 e. The fourth-order valence-electron chi connectivity index (χ4n) is 3.19. The van der Waals surface area contributed by atoms with Crippen LogP contribution < -0.4 is 5.43 Å². The van der Waals surface area contributed by atoms with Crippen molar-refractivity contribution in [2.75, 3.05) is 0 Å². The summed E-state index contributed by atoms with van der Waals surface area (Å²) in [5.41, 5.74) is 2.36. The number of phenolic OH excluding ortho intramolecular Hbond substituents is 1. The lowest BCUT2D eigenvalue weighted by molar-refractivity contribution is 0.101. The Bertz CT molecular complexity index is 1210. The number of hydrogen-bond donors (Lipinski definition) is 1. The maximum absolute atomic E-state index is 13.1. The number of nitrogens with zero attached hydrogens (tertiary/aromatic N) is 1. The smallest absolute Gasteiger partial charge is 0.203 e. The van der Waals surface area contributed by atoms with E-state index in [1.165, 1.54) is 24.3 Å². The van der Waals surface area contributed by atoms with Gasteiger partial charge >= 0.3 is 0 Å². The van der Waals surface area contributed by atoms with E-state index in [1.54, 1.807) is 10.5 Å². The lowest BCUT2D eigenvalue weighted by Gasteiger charge is -2.04. The molecule has 0 saturated heterocycles. The van der Waals surface area contributed by atoms with Crippen molar-refractivity contribution >= 4 is 43.9 Å². The molecule has 24 heavy (non-hydrogen) atoms. The average Bonchev–Trinajstić information content (AvgIpc) is 3.05. The molecule has 1 aromatic carbocycles. The lowest BCUT2D eigenvalue weighted by atomic mass is 10.1. The molecule has 0 atom stereocenters. The quantitative estimate of drug-likeness (QED) is 0.559. The number of carbonyl (C=O) groups is 1. The third kappa shape index (κ3) is 1.80. The zero-order valence-corrected chi connectivity index (χ0v) is 14.3. The van der Waals surface area contributed by atoms with Gasteiger partial charge in [0.1, 0.15) is 27.2 Å². The van der Waals surface area contributed by atoms with Gasteiger partial charge in [-0.2, -0.15) is 0 Å². The van der Waals surface area contributed by atoms with Crippen molar-refractivity contribution in [2.45, 2.75) is 27.2 Å². The van der Waals surface area contributed by atoms with E-state index in [4.69, 9.17) is 4.42 Å². The first-order valence-corrected chi connectivity index (χ1v) is 8.53. The van der Waals surface area contributed by atoms with E-state index < -0.39 is 0 Å². The number of aromatic nitrogens is 1. The molecule has 0 aliphatic carbocycles. The largest absolute Gasteiger partial charge is 0.508 e. The number of benzene rings is 1. The van der Waals surface area contributed by atoms with Gasteiger partial charge in [0.2, 0.25) is 5.43 Å². The monoisotopic (exact) mass is 341 g/mol. The Hall–Kier alpha value is -2.60. The van der Waals surface area contributed by atoms with Gasteiger partial charge < -0.3 is 9.52 Å². The van der Waals surface area contributed by atoms with Crippen molar-refractivity contribution < 1.29 is 14.3 Å². The van der Waals surface area contributed by atoms with Gasteiger partial charge in [0, 0.05) is 24.1 Å². The minimum atomic E-state index is -0.173.